The van der Waals surface area contributed by atoms with Crippen LogP contribution >= 0.6 is 0 Å². The lowest BCUT2D eigenvalue weighted by molar-refractivity contribution is -0.196. The van der Waals surface area contributed by atoms with Gasteiger partial charge in [0.2, 0.25) is 5.60 Å². The van der Waals surface area contributed by atoms with Gasteiger partial charge in [-0.3, -0.25) is 4.79 Å². The van der Waals surface area contributed by atoms with E-state index in [1.54, 1.807) is 29.2 Å². The third-order valence-electron chi connectivity index (χ3n) is 6.91. The highest BCUT2D eigenvalue weighted by molar-refractivity contribution is 5.90. The molecule has 2 aromatic rings. The number of hydrogen-bond donors (Lipinski definition) is 2. The summed E-state index contributed by atoms with van der Waals surface area (Å²) in [5.41, 5.74) is 5.52. The largest absolute Gasteiger partial charge is 0.508 e. The minimum absolute atomic E-state index is 0.118. The van der Waals surface area contributed by atoms with Gasteiger partial charge in [0.25, 0.3) is 5.91 Å². The number of benzene rings is 2. The number of rotatable bonds is 9. The van der Waals surface area contributed by atoms with Crippen LogP contribution in [0.4, 0.5) is 4.79 Å². The average molecular weight is 483 g/mol. The summed E-state index contributed by atoms with van der Waals surface area (Å²) < 4.78 is 12.1. The number of primary amides is 1. The monoisotopic (exact) mass is 482 g/mol. The molecule has 0 aromatic heterocycles. The number of nitrogens with zero attached hydrogens (tertiary/aromatic N) is 1. The molecule has 35 heavy (non-hydrogen) atoms. The molecule has 0 bridgehead atoms. The van der Waals surface area contributed by atoms with Crippen molar-refractivity contribution in [3.63, 3.8) is 0 Å². The minimum Gasteiger partial charge on any atom is -0.508 e. The molecule has 2 amide bonds. The second-order valence-corrected chi connectivity index (χ2v) is 10.5. The van der Waals surface area contributed by atoms with Crippen LogP contribution in [0, 0.1) is 12.3 Å². The molecule has 1 atom stereocenters. The number of phenols is 1. The normalized spacial score (nSPS) is 16.8. The Balaban J connectivity index is 1.96. The van der Waals surface area contributed by atoms with Crippen LogP contribution in [-0.4, -0.2) is 47.3 Å². The van der Waals surface area contributed by atoms with E-state index in [4.69, 9.17) is 15.2 Å². The zero-order valence-electron chi connectivity index (χ0n) is 21.5. The first kappa shape index (κ1) is 26.5. The van der Waals surface area contributed by atoms with Crippen molar-refractivity contribution in [1.29, 1.82) is 0 Å². The van der Waals surface area contributed by atoms with Crippen LogP contribution in [0.1, 0.15) is 57.2 Å². The number of aryl methyl sites for hydroxylation is 1. The van der Waals surface area contributed by atoms with Gasteiger partial charge in [-0.1, -0.05) is 70.5 Å². The van der Waals surface area contributed by atoms with Crippen molar-refractivity contribution in [2.45, 2.75) is 65.1 Å². The van der Waals surface area contributed by atoms with Crippen molar-refractivity contribution in [3.05, 3.63) is 65.2 Å². The van der Waals surface area contributed by atoms with Gasteiger partial charge in [-0.15, -0.1) is 0 Å². The van der Waals surface area contributed by atoms with Crippen LogP contribution in [0.3, 0.4) is 0 Å². The molecule has 2 aromatic carbocycles. The van der Waals surface area contributed by atoms with E-state index < -0.39 is 22.7 Å². The second kappa shape index (κ2) is 10.3. The highest BCUT2D eigenvalue weighted by Crippen LogP contribution is 2.44. The highest BCUT2D eigenvalue weighted by atomic mass is 16.6. The number of unbranched alkanes of at least 4 members (excludes halogenated alkanes) is 1. The number of hydrogen-bond acceptors (Lipinski definition) is 5. The molecule has 7 heteroatoms. The molecule has 1 fully saturated rings. The molecule has 7 nitrogen and oxygen atoms in total. The van der Waals surface area contributed by atoms with Gasteiger partial charge in [0, 0.05) is 18.4 Å². The Morgan fingerprint density at radius 2 is 1.71 bits per heavy atom. The maximum Gasteiger partial charge on any atom is 0.405 e. The number of phenolic OH excluding ortho intramolecular Hbond substituents is 1. The molecule has 0 radical (unpaired) electrons. The molecule has 0 aliphatic carbocycles. The van der Waals surface area contributed by atoms with Gasteiger partial charge in [0.1, 0.15) is 11.4 Å². The van der Waals surface area contributed by atoms with Crippen LogP contribution in [0.25, 0.3) is 0 Å². The van der Waals surface area contributed by atoms with Gasteiger partial charge in [-0.05, 0) is 42.2 Å². The van der Waals surface area contributed by atoms with Gasteiger partial charge >= 0.3 is 6.09 Å². The van der Waals surface area contributed by atoms with E-state index in [1.807, 2.05) is 45.9 Å². The fraction of sp³-hybridized carbons (Fsp3) is 0.500. The fourth-order valence-electron chi connectivity index (χ4n) is 4.77. The van der Waals surface area contributed by atoms with Gasteiger partial charge in [0.15, 0.2) is 0 Å². The number of ether oxygens (including phenoxy) is 2. The first-order valence-corrected chi connectivity index (χ1v) is 12.2. The van der Waals surface area contributed by atoms with Crippen molar-refractivity contribution >= 4 is 12.0 Å². The van der Waals surface area contributed by atoms with E-state index in [-0.39, 0.29) is 18.1 Å². The third-order valence-corrected chi connectivity index (χ3v) is 6.91. The van der Waals surface area contributed by atoms with Crippen LogP contribution in [0.2, 0.25) is 0 Å². The number of nitrogens with two attached hydrogens (primary N) is 1. The first-order chi connectivity index (χ1) is 16.4. The SMILES string of the molecule is CCCCOC1(c2ccccc2C)CN(C(=O)C(Cc2ccc(O)cc2)(OC(N)=O)C(C)(C)C)C1. The van der Waals surface area contributed by atoms with Crippen LogP contribution in [0.15, 0.2) is 48.5 Å². The molecule has 0 saturated carbocycles. The predicted molar refractivity (Wildman–Crippen MR) is 135 cm³/mol. The summed E-state index contributed by atoms with van der Waals surface area (Å²) in [7, 11) is 0. The van der Waals surface area contributed by atoms with E-state index in [0.717, 1.165) is 29.5 Å². The molecule has 1 heterocycles. The third kappa shape index (κ3) is 5.45. The molecule has 1 unspecified atom stereocenters. The number of aromatic hydroxyl groups is 1. The molecule has 1 aliphatic heterocycles. The Kier molecular flexibility index (Phi) is 7.80. The lowest BCUT2D eigenvalue weighted by atomic mass is 9.70. The van der Waals surface area contributed by atoms with Gasteiger partial charge in [-0.2, -0.15) is 0 Å². The van der Waals surface area contributed by atoms with Crippen molar-refractivity contribution in [2.24, 2.45) is 11.1 Å². The van der Waals surface area contributed by atoms with Crippen molar-refractivity contribution in [1.82, 2.24) is 4.90 Å². The Hall–Kier alpha value is -3.06. The summed E-state index contributed by atoms with van der Waals surface area (Å²) in [6.45, 7) is 11.1. The number of carbonyl (C=O) groups excluding carboxylic acids is 2. The van der Waals surface area contributed by atoms with E-state index in [0.29, 0.717) is 19.7 Å². The zero-order chi connectivity index (χ0) is 25.9. The standard InChI is InChI=1S/C28H38N2O5/c1-6-7-16-34-27(23-11-9-8-10-20(23)2)18-30(19-27)24(32)28(26(3,4)5,35-25(29)33)17-21-12-14-22(31)15-13-21/h8-15,31H,6-7,16-19H2,1-5H3,(H2,29,33). The van der Waals surface area contributed by atoms with Crippen LogP contribution in [-0.2, 0) is 26.3 Å². The van der Waals surface area contributed by atoms with Gasteiger partial charge in [-0.25, -0.2) is 4.79 Å². The Bertz CT molecular complexity index is 1040. The predicted octanol–water partition coefficient (Wildman–Crippen LogP) is 4.68. The van der Waals surface area contributed by atoms with E-state index in [1.165, 1.54) is 0 Å². The van der Waals surface area contributed by atoms with Crippen LogP contribution in [0.5, 0.6) is 5.75 Å². The smallest absolute Gasteiger partial charge is 0.405 e. The molecule has 1 saturated heterocycles. The molecule has 0 spiro atoms. The molecule has 190 valence electrons. The maximum absolute atomic E-state index is 14.1. The number of likely N-dealkylation sites (tertiary alicyclic amines) is 1. The second-order valence-electron chi connectivity index (χ2n) is 10.5. The number of carbonyl (C=O) groups is 2. The van der Waals surface area contributed by atoms with Crippen LogP contribution < -0.4 is 5.73 Å². The minimum atomic E-state index is -1.53. The molecular weight excluding hydrogens is 444 g/mol. The topological polar surface area (TPSA) is 102 Å². The van der Waals surface area contributed by atoms with E-state index >= 15 is 0 Å². The number of amides is 2. The van der Waals surface area contributed by atoms with E-state index in [2.05, 4.69) is 13.0 Å². The highest BCUT2D eigenvalue weighted by Gasteiger charge is 2.58. The average Bonchev–Trinajstić information content (AvgIpc) is 2.75. The first-order valence-electron chi connectivity index (χ1n) is 12.2. The zero-order valence-corrected chi connectivity index (χ0v) is 21.5. The molecular formula is C28H38N2O5. The summed E-state index contributed by atoms with van der Waals surface area (Å²) in [6.07, 6.45) is 1.07. The van der Waals surface area contributed by atoms with Crippen molar-refractivity contribution in [3.8, 4) is 5.75 Å². The quantitative estimate of drug-likeness (QED) is 0.506. The Morgan fingerprint density at radius 3 is 2.26 bits per heavy atom. The van der Waals surface area contributed by atoms with Gasteiger partial charge < -0.3 is 25.2 Å². The lowest BCUT2D eigenvalue weighted by Gasteiger charge is -2.54. The molecule has 3 rings (SSSR count). The summed E-state index contributed by atoms with van der Waals surface area (Å²) in [4.78, 5) is 27.9. The maximum atomic E-state index is 14.1. The van der Waals surface area contributed by atoms with Crippen molar-refractivity contribution < 1.29 is 24.2 Å². The van der Waals surface area contributed by atoms with E-state index in [9.17, 15) is 14.7 Å². The lowest BCUT2D eigenvalue weighted by Crippen LogP contribution is -2.70. The summed E-state index contributed by atoms with van der Waals surface area (Å²) in [6, 6.07) is 14.6. The van der Waals surface area contributed by atoms with Crippen molar-refractivity contribution in [2.75, 3.05) is 19.7 Å². The fourth-order valence-corrected chi connectivity index (χ4v) is 4.77. The molecule has 1 aliphatic rings. The summed E-state index contributed by atoms with van der Waals surface area (Å²) in [5.74, 6) is -0.188. The van der Waals surface area contributed by atoms with Gasteiger partial charge in [0.05, 0.1) is 13.1 Å². The Morgan fingerprint density at radius 1 is 1.09 bits per heavy atom. The summed E-state index contributed by atoms with van der Waals surface area (Å²) >= 11 is 0. The summed E-state index contributed by atoms with van der Waals surface area (Å²) in [5, 5.41) is 9.69. The Labute approximate surface area is 208 Å². The molecule has 3 N–H and O–H groups in total.